The standard InChI is InChI=1S/C17H14ClNO4/c1-10-15(11-6-8-12(18)9-7-11)19-23-17(10,22)14-5-3-2-4-13(14)16(20)21/h2-10,22H,1H3,(H,20,21). The molecule has 0 saturated heterocycles. The monoisotopic (exact) mass is 331 g/mol. The lowest BCUT2D eigenvalue weighted by Crippen LogP contribution is -2.36. The number of aliphatic hydroxyl groups is 1. The SMILES string of the molecule is CC1C(c2ccc(Cl)cc2)=NOC1(O)c1ccccc1C(=O)O. The summed E-state index contributed by atoms with van der Waals surface area (Å²) in [5.41, 5.74) is 1.44. The fourth-order valence-corrected chi connectivity index (χ4v) is 2.78. The number of rotatable bonds is 3. The molecule has 118 valence electrons. The van der Waals surface area contributed by atoms with Crippen LogP contribution in [0.4, 0.5) is 0 Å². The van der Waals surface area contributed by atoms with Gasteiger partial charge in [-0.15, -0.1) is 0 Å². The molecule has 1 aliphatic heterocycles. The Morgan fingerprint density at radius 2 is 1.87 bits per heavy atom. The van der Waals surface area contributed by atoms with E-state index in [0.717, 1.165) is 5.56 Å². The summed E-state index contributed by atoms with van der Waals surface area (Å²) < 4.78 is 0. The van der Waals surface area contributed by atoms with E-state index in [4.69, 9.17) is 16.4 Å². The summed E-state index contributed by atoms with van der Waals surface area (Å²) in [5.74, 6) is -3.52. The van der Waals surface area contributed by atoms with Gasteiger partial charge in [-0.3, -0.25) is 0 Å². The fraction of sp³-hybridized carbons (Fsp3) is 0.176. The summed E-state index contributed by atoms with van der Waals surface area (Å²) in [6, 6.07) is 13.2. The molecule has 2 aromatic rings. The number of carbonyl (C=O) groups is 1. The van der Waals surface area contributed by atoms with E-state index in [9.17, 15) is 15.0 Å². The summed E-state index contributed by atoms with van der Waals surface area (Å²) in [7, 11) is 0. The molecule has 6 heteroatoms. The number of benzene rings is 2. The Morgan fingerprint density at radius 1 is 1.22 bits per heavy atom. The number of halogens is 1. The van der Waals surface area contributed by atoms with Crippen molar-refractivity contribution in [3.63, 3.8) is 0 Å². The van der Waals surface area contributed by atoms with E-state index < -0.39 is 17.7 Å². The molecule has 3 rings (SSSR count). The average Bonchev–Trinajstić information content (AvgIpc) is 2.85. The molecule has 2 unspecified atom stereocenters. The molecule has 0 fully saturated rings. The van der Waals surface area contributed by atoms with Crippen LogP contribution in [0.15, 0.2) is 53.7 Å². The molecule has 2 aromatic carbocycles. The molecule has 1 heterocycles. The quantitative estimate of drug-likeness (QED) is 0.904. The second-order valence-corrected chi connectivity index (χ2v) is 5.78. The Morgan fingerprint density at radius 3 is 2.52 bits per heavy atom. The maximum Gasteiger partial charge on any atom is 0.336 e. The van der Waals surface area contributed by atoms with Gasteiger partial charge in [0.2, 0.25) is 0 Å². The first-order valence-electron chi connectivity index (χ1n) is 7.00. The summed E-state index contributed by atoms with van der Waals surface area (Å²) in [5, 5.41) is 24.8. The first-order valence-corrected chi connectivity index (χ1v) is 7.38. The molecule has 0 aromatic heterocycles. The second kappa shape index (κ2) is 5.68. The summed E-state index contributed by atoms with van der Waals surface area (Å²) in [6.45, 7) is 1.74. The van der Waals surface area contributed by atoms with Gasteiger partial charge in [-0.2, -0.15) is 0 Å². The van der Waals surface area contributed by atoms with Crippen LogP contribution in [-0.2, 0) is 10.6 Å². The van der Waals surface area contributed by atoms with Gasteiger partial charge in [0.05, 0.1) is 17.2 Å². The highest BCUT2D eigenvalue weighted by molar-refractivity contribution is 6.30. The number of hydrogen-bond acceptors (Lipinski definition) is 4. The van der Waals surface area contributed by atoms with Crippen LogP contribution < -0.4 is 0 Å². The maximum atomic E-state index is 11.4. The molecular formula is C17H14ClNO4. The zero-order valence-electron chi connectivity index (χ0n) is 12.2. The van der Waals surface area contributed by atoms with Gasteiger partial charge < -0.3 is 15.1 Å². The largest absolute Gasteiger partial charge is 0.478 e. The van der Waals surface area contributed by atoms with Crippen LogP contribution in [0.1, 0.15) is 28.4 Å². The Balaban J connectivity index is 2.00. The smallest absolute Gasteiger partial charge is 0.336 e. The average molecular weight is 332 g/mol. The number of nitrogens with zero attached hydrogens (tertiary/aromatic N) is 1. The van der Waals surface area contributed by atoms with E-state index in [1.54, 1.807) is 43.3 Å². The minimum atomic E-state index is -1.83. The van der Waals surface area contributed by atoms with Crippen LogP contribution in [0, 0.1) is 5.92 Å². The molecule has 2 N–H and O–H groups in total. The molecule has 0 aliphatic carbocycles. The third-order valence-corrected chi connectivity index (χ3v) is 4.22. The predicted molar refractivity (Wildman–Crippen MR) is 85.5 cm³/mol. The fourth-order valence-electron chi connectivity index (χ4n) is 2.65. The Labute approximate surface area is 137 Å². The van der Waals surface area contributed by atoms with E-state index in [1.807, 2.05) is 0 Å². The van der Waals surface area contributed by atoms with Gasteiger partial charge in [0, 0.05) is 10.6 Å². The minimum absolute atomic E-state index is 0.0191. The van der Waals surface area contributed by atoms with Gasteiger partial charge in [0.15, 0.2) is 0 Å². The predicted octanol–water partition coefficient (Wildman–Crippen LogP) is 3.25. The van der Waals surface area contributed by atoms with Gasteiger partial charge in [-0.05, 0) is 30.7 Å². The van der Waals surface area contributed by atoms with Crippen LogP contribution in [-0.4, -0.2) is 21.9 Å². The Hall–Kier alpha value is -2.37. The van der Waals surface area contributed by atoms with Gasteiger partial charge in [-0.1, -0.05) is 47.1 Å². The molecule has 1 aliphatic rings. The number of aromatic carboxylic acids is 1. The lowest BCUT2D eigenvalue weighted by molar-refractivity contribution is -0.214. The van der Waals surface area contributed by atoms with Crippen molar-refractivity contribution in [2.75, 3.05) is 0 Å². The summed E-state index contributed by atoms with van der Waals surface area (Å²) >= 11 is 5.88. The van der Waals surface area contributed by atoms with Crippen molar-refractivity contribution in [1.29, 1.82) is 0 Å². The second-order valence-electron chi connectivity index (χ2n) is 5.34. The molecule has 5 nitrogen and oxygen atoms in total. The van der Waals surface area contributed by atoms with Crippen molar-refractivity contribution in [2.24, 2.45) is 11.1 Å². The van der Waals surface area contributed by atoms with Crippen molar-refractivity contribution in [3.05, 3.63) is 70.2 Å². The topological polar surface area (TPSA) is 79.1 Å². The van der Waals surface area contributed by atoms with Crippen molar-refractivity contribution in [2.45, 2.75) is 12.7 Å². The first kappa shape index (κ1) is 15.5. The van der Waals surface area contributed by atoms with Crippen LogP contribution in [0.3, 0.4) is 0 Å². The van der Waals surface area contributed by atoms with Crippen molar-refractivity contribution >= 4 is 23.3 Å². The van der Waals surface area contributed by atoms with Gasteiger partial charge >= 0.3 is 5.97 Å². The van der Waals surface area contributed by atoms with Crippen LogP contribution in [0.5, 0.6) is 0 Å². The molecule has 0 spiro atoms. The lowest BCUT2D eigenvalue weighted by atomic mass is 9.85. The number of carboxylic acid groups (broad SMARTS) is 1. The van der Waals surface area contributed by atoms with E-state index in [0.29, 0.717) is 10.7 Å². The van der Waals surface area contributed by atoms with Crippen molar-refractivity contribution < 1.29 is 19.8 Å². The molecule has 0 saturated carbocycles. The molecule has 0 bridgehead atoms. The van der Waals surface area contributed by atoms with Gasteiger partial charge in [0.25, 0.3) is 5.79 Å². The Bertz CT molecular complexity index is 787. The highest BCUT2D eigenvalue weighted by Crippen LogP contribution is 2.40. The Kier molecular flexibility index (Phi) is 3.83. The van der Waals surface area contributed by atoms with Crippen LogP contribution in [0.2, 0.25) is 5.02 Å². The van der Waals surface area contributed by atoms with Gasteiger partial charge in [0.1, 0.15) is 0 Å². The lowest BCUT2D eigenvalue weighted by Gasteiger charge is -2.27. The highest BCUT2D eigenvalue weighted by Gasteiger charge is 2.48. The normalized spacial score (nSPS) is 23.3. The van der Waals surface area contributed by atoms with Crippen molar-refractivity contribution in [1.82, 2.24) is 0 Å². The van der Waals surface area contributed by atoms with Crippen LogP contribution in [0.25, 0.3) is 0 Å². The third kappa shape index (κ3) is 2.58. The maximum absolute atomic E-state index is 11.4. The molecular weight excluding hydrogens is 318 g/mol. The number of oxime groups is 1. The van der Waals surface area contributed by atoms with Gasteiger partial charge in [-0.25, -0.2) is 4.79 Å². The molecule has 0 radical (unpaired) electrons. The summed E-state index contributed by atoms with van der Waals surface area (Å²) in [6.07, 6.45) is 0. The highest BCUT2D eigenvalue weighted by atomic mass is 35.5. The first-order chi connectivity index (χ1) is 10.9. The van der Waals surface area contributed by atoms with Crippen molar-refractivity contribution in [3.8, 4) is 0 Å². The zero-order valence-corrected chi connectivity index (χ0v) is 13.0. The van der Waals surface area contributed by atoms with Crippen LogP contribution >= 0.6 is 11.6 Å². The molecule has 0 amide bonds. The number of carboxylic acids is 1. The zero-order chi connectivity index (χ0) is 16.6. The third-order valence-electron chi connectivity index (χ3n) is 3.96. The molecule has 23 heavy (non-hydrogen) atoms. The van der Waals surface area contributed by atoms with E-state index in [2.05, 4.69) is 5.16 Å². The van der Waals surface area contributed by atoms with E-state index in [-0.39, 0.29) is 11.1 Å². The van der Waals surface area contributed by atoms with E-state index in [1.165, 1.54) is 12.1 Å². The van der Waals surface area contributed by atoms with E-state index >= 15 is 0 Å². The summed E-state index contributed by atoms with van der Waals surface area (Å²) in [4.78, 5) is 16.7. The minimum Gasteiger partial charge on any atom is -0.478 e. The molecule has 2 atom stereocenters. The number of hydrogen-bond donors (Lipinski definition) is 2.